The van der Waals surface area contributed by atoms with Crippen molar-refractivity contribution >= 4 is 11.8 Å². The minimum absolute atomic E-state index is 0.103. The van der Waals surface area contributed by atoms with Crippen molar-refractivity contribution in [3.05, 3.63) is 35.4 Å². The number of fused-ring (bicyclic) bond motifs is 4. The van der Waals surface area contributed by atoms with Gasteiger partial charge in [0, 0.05) is 38.6 Å². The number of benzene rings is 1. The van der Waals surface area contributed by atoms with Gasteiger partial charge in [-0.25, -0.2) is 0 Å². The van der Waals surface area contributed by atoms with E-state index in [1.165, 1.54) is 12.0 Å². The molecule has 5 nitrogen and oxygen atoms in total. The maximum atomic E-state index is 12.4. The lowest BCUT2D eigenvalue weighted by atomic mass is 9.76. The van der Waals surface area contributed by atoms with E-state index in [1.54, 1.807) is 0 Å². The molecule has 1 aromatic rings. The second-order valence-corrected chi connectivity index (χ2v) is 8.51. The molecular formula is C22H31N3O2. The first-order chi connectivity index (χ1) is 13.1. The van der Waals surface area contributed by atoms with Gasteiger partial charge >= 0.3 is 0 Å². The van der Waals surface area contributed by atoms with E-state index in [2.05, 4.69) is 46.3 Å². The Morgan fingerprint density at radius 1 is 1.15 bits per heavy atom. The number of likely N-dealkylation sites (tertiary alicyclic amines) is 1. The lowest BCUT2D eigenvalue weighted by molar-refractivity contribution is -0.145. The summed E-state index contributed by atoms with van der Waals surface area (Å²) < 4.78 is 0. The zero-order valence-corrected chi connectivity index (χ0v) is 16.3. The molecule has 0 radical (unpaired) electrons. The van der Waals surface area contributed by atoms with Gasteiger partial charge < -0.3 is 10.2 Å². The maximum Gasteiger partial charge on any atom is 0.234 e. The van der Waals surface area contributed by atoms with Crippen molar-refractivity contribution < 1.29 is 9.59 Å². The molecule has 5 heteroatoms. The topological polar surface area (TPSA) is 52.7 Å². The molecule has 2 bridgehead atoms. The van der Waals surface area contributed by atoms with Crippen LogP contribution in [0.4, 0.5) is 0 Å². The predicted molar refractivity (Wildman–Crippen MR) is 105 cm³/mol. The van der Waals surface area contributed by atoms with Crippen LogP contribution >= 0.6 is 0 Å². The van der Waals surface area contributed by atoms with Gasteiger partial charge in [0.15, 0.2) is 0 Å². The predicted octanol–water partition coefficient (Wildman–Crippen LogP) is 2.20. The third-order valence-electron chi connectivity index (χ3n) is 6.54. The Labute approximate surface area is 162 Å². The third-order valence-corrected chi connectivity index (χ3v) is 6.54. The first kappa shape index (κ1) is 18.5. The van der Waals surface area contributed by atoms with Gasteiger partial charge in [-0.3, -0.25) is 14.5 Å². The minimum atomic E-state index is 0.103. The van der Waals surface area contributed by atoms with Crippen LogP contribution in [0.25, 0.3) is 0 Å². The number of carbonyl (C=O) groups excluding carboxylic acids is 2. The van der Waals surface area contributed by atoms with Crippen molar-refractivity contribution in [1.29, 1.82) is 0 Å². The molecular weight excluding hydrogens is 338 g/mol. The van der Waals surface area contributed by atoms with Crippen LogP contribution < -0.4 is 5.32 Å². The SMILES string of the molecule is CCc1ccc(CNC(=O)CN2C[C@H]3C[C@H](C2)[C@H]2CCCC(=O)N2C3)cc1. The van der Waals surface area contributed by atoms with Gasteiger partial charge in [-0.15, -0.1) is 0 Å². The Morgan fingerprint density at radius 3 is 2.70 bits per heavy atom. The average molecular weight is 370 g/mol. The first-order valence-corrected chi connectivity index (χ1v) is 10.5. The molecule has 0 unspecified atom stereocenters. The maximum absolute atomic E-state index is 12.4. The highest BCUT2D eigenvalue weighted by Crippen LogP contribution is 2.37. The van der Waals surface area contributed by atoms with Gasteiger partial charge in [-0.1, -0.05) is 31.2 Å². The van der Waals surface area contributed by atoms with Crippen LogP contribution in [-0.4, -0.2) is 53.8 Å². The van der Waals surface area contributed by atoms with Crippen molar-refractivity contribution in [3.8, 4) is 0 Å². The number of carbonyl (C=O) groups is 2. The van der Waals surface area contributed by atoms with Gasteiger partial charge in [0.05, 0.1) is 6.54 Å². The van der Waals surface area contributed by atoms with E-state index >= 15 is 0 Å². The second-order valence-electron chi connectivity index (χ2n) is 8.51. The molecule has 3 fully saturated rings. The number of amides is 2. The molecule has 27 heavy (non-hydrogen) atoms. The number of piperidine rings is 3. The zero-order valence-electron chi connectivity index (χ0n) is 16.3. The van der Waals surface area contributed by atoms with Crippen molar-refractivity contribution in [2.45, 2.75) is 51.6 Å². The number of hydrogen-bond donors (Lipinski definition) is 1. The highest BCUT2D eigenvalue weighted by molar-refractivity contribution is 5.78. The molecule has 3 aliphatic rings. The second kappa shape index (κ2) is 8.01. The average Bonchev–Trinajstić information content (AvgIpc) is 2.67. The standard InChI is InChI=1S/C22H31N3O2/c1-2-16-6-8-17(9-7-16)11-23-21(26)15-24-12-18-10-19(14-24)20-4-3-5-22(27)25(20)13-18/h6-9,18-20H,2-5,10-15H2,1H3,(H,23,26)/t18-,19-,20-/m1/s1. The number of nitrogens with zero attached hydrogens (tertiary/aromatic N) is 2. The quantitative estimate of drug-likeness (QED) is 0.866. The molecule has 0 aromatic heterocycles. The van der Waals surface area contributed by atoms with Crippen LogP contribution in [0.2, 0.25) is 0 Å². The molecule has 3 saturated heterocycles. The smallest absolute Gasteiger partial charge is 0.234 e. The summed E-state index contributed by atoms with van der Waals surface area (Å²) in [5, 5.41) is 3.07. The highest BCUT2D eigenvalue weighted by atomic mass is 16.2. The van der Waals surface area contributed by atoms with E-state index in [4.69, 9.17) is 0 Å². The normalized spacial score (nSPS) is 28.0. The lowest BCUT2D eigenvalue weighted by Gasteiger charge is -2.52. The van der Waals surface area contributed by atoms with Gasteiger partial charge in [-0.05, 0) is 48.6 Å². The van der Waals surface area contributed by atoms with Crippen LogP contribution in [0, 0.1) is 11.8 Å². The van der Waals surface area contributed by atoms with Crippen molar-refractivity contribution in [1.82, 2.24) is 15.1 Å². The fourth-order valence-corrected chi connectivity index (χ4v) is 5.19. The third kappa shape index (κ3) is 4.18. The fraction of sp³-hybridized carbons (Fsp3) is 0.636. The minimum Gasteiger partial charge on any atom is -0.351 e. The van der Waals surface area contributed by atoms with Gasteiger partial charge in [0.2, 0.25) is 11.8 Å². The largest absolute Gasteiger partial charge is 0.351 e. The molecule has 3 heterocycles. The molecule has 1 aromatic carbocycles. The van der Waals surface area contributed by atoms with E-state index in [1.807, 2.05) is 0 Å². The summed E-state index contributed by atoms with van der Waals surface area (Å²) in [6, 6.07) is 8.86. The summed E-state index contributed by atoms with van der Waals surface area (Å²) in [6.07, 6.45) is 5.14. The Hall–Kier alpha value is -1.88. The monoisotopic (exact) mass is 369 g/mol. The summed E-state index contributed by atoms with van der Waals surface area (Å²) in [7, 11) is 0. The number of rotatable bonds is 5. The van der Waals surface area contributed by atoms with Crippen LogP contribution in [0.3, 0.4) is 0 Å². The number of aryl methyl sites for hydroxylation is 1. The number of hydrogen-bond acceptors (Lipinski definition) is 3. The summed E-state index contributed by atoms with van der Waals surface area (Å²) >= 11 is 0. The molecule has 4 rings (SSSR count). The molecule has 0 spiro atoms. The molecule has 0 saturated carbocycles. The van der Waals surface area contributed by atoms with Crippen LogP contribution in [0.15, 0.2) is 24.3 Å². The van der Waals surface area contributed by atoms with Gasteiger partial charge in [0.1, 0.15) is 0 Å². The summed E-state index contributed by atoms with van der Waals surface area (Å²) in [5.74, 6) is 1.51. The van der Waals surface area contributed by atoms with E-state index in [9.17, 15) is 9.59 Å². The van der Waals surface area contributed by atoms with E-state index in [0.717, 1.165) is 50.9 Å². The van der Waals surface area contributed by atoms with E-state index < -0.39 is 0 Å². The zero-order chi connectivity index (χ0) is 18.8. The Bertz CT molecular complexity index is 687. The molecule has 3 atom stereocenters. The fourth-order valence-electron chi connectivity index (χ4n) is 5.19. The van der Waals surface area contributed by atoms with Crippen LogP contribution in [0.1, 0.15) is 43.7 Å². The molecule has 3 aliphatic heterocycles. The highest BCUT2D eigenvalue weighted by Gasteiger charge is 2.43. The first-order valence-electron chi connectivity index (χ1n) is 10.5. The lowest BCUT2D eigenvalue weighted by Crippen LogP contribution is -2.61. The van der Waals surface area contributed by atoms with E-state index in [0.29, 0.717) is 36.9 Å². The molecule has 1 N–H and O–H groups in total. The molecule has 2 amide bonds. The van der Waals surface area contributed by atoms with Gasteiger partial charge in [-0.2, -0.15) is 0 Å². The van der Waals surface area contributed by atoms with Crippen molar-refractivity contribution in [2.75, 3.05) is 26.2 Å². The Balaban J connectivity index is 1.28. The number of nitrogens with one attached hydrogen (secondary N) is 1. The molecule has 0 aliphatic carbocycles. The van der Waals surface area contributed by atoms with Crippen molar-refractivity contribution in [2.24, 2.45) is 11.8 Å². The summed E-state index contributed by atoms with van der Waals surface area (Å²) in [5.41, 5.74) is 2.47. The molecule has 146 valence electrons. The van der Waals surface area contributed by atoms with Crippen LogP contribution in [-0.2, 0) is 22.6 Å². The Kier molecular flexibility index (Phi) is 5.48. The summed E-state index contributed by atoms with van der Waals surface area (Å²) in [6.45, 7) is 5.99. The Morgan fingerprint density at radius 2 is 1.93 bits per heavy atom. The van der Waals surface area contributed by atoms with Crippen molar-refractivity contribution in [3.63, 3.8) is 0 Å². The van der Waals surface area contributed by atoms with Crippen LogP contribution in [0.5, 0.6) is 0 Å². The van der Waals surface area contributed by atoms with E-state index in [-0.39, 0.29) is 5.91 Å². The van der Waals surface area contributed by atoms with Gasteiger partial charge in [0.25, 0.3) is 0 Å². The summed E-state index contributed by atoms with van der Waals surface area (Å²) in [4.78, 5) is 29.1.